The van der Waals surface area contributed by atoms with Crippen molar-refractivity contribution >= 4 is 11.8 Å². The molecule has 0 saturated carbocycles. The van der Waals surface area contributed by atoms with E-state index in [0.717, 1.165) is 24.6 Å². The number of hydrogen-bond acceptors (Lipinski definition) is 2. The van der Waals surface area contributed by atoms with Gasteiger partial charge in [-0.1, -0.05) is 36.4 Å². The van der Waals surface area contributed by atoms with Gasteiger partial charge in [0.15, 0.2) is 0 Å². The predicted molar refractivity (Wildman–Crippen MR) is 73.6 cm³/mol. The van der Waals surface area contributed by atoms with E-state index in [1.807, 2.05) is 19.1 Å². The highest BCUT2D eigenvalue weighted by Crippen LogP contribution is 2.15. The molecule has 2 N–H and O–H groups in total. The van der Waals surface area contributed by atoms with E-state index in [4.69, 9.17) is 5.41 Å². The quantitative estimate of drug-likeness (QED) is 0.766. The molecule has 0 atom stereocenters. The molecule has 1 aliphatic heterocycles. The van der Waals surface area contributed by atoms with E-state index in [2.05, 4.69) is 29.6 Å². The summed E-state index contributed by atoms with van der Waals surface area (Å²) >= 11 is 0. The van der Waals surface area contributed by atoms with Crippen LogP contribution in [0.4, 0.5) is 0 Å². The molecule has 0 amide bonds. The number of benzene rings is 1. The molecule has 0 radical (unpaired) electrons. The van der Waals surface area contributed by atoms with Crippen LogP contribution in [0.1, 0.15) is 30.9 Å². The van der Waals surface area contributed by atoms with Crippen LogP contribution >= 0.6 is 0 Å². The second-order valence-electron chi connectivity index (χ2n) is 4.69. The van der Waals surface area contributed by atoms with Crippen molar-refractivity contribution in [2.45, 2.75) is 19.8 Å². The number of hydrogen-bond donors (Lipinski definition) is 2. The van der Waals surface area contributed by atoms with Crippen molar-refractivity contribution in [3.05, 3.63) is 41.5 Å². The van der Waals surface area contributed by atoms with Gasteiger partial charge in [0.1, 0.15) is 0 Å². The van der Waals surface area contributed by atoms with Gasteiger partial charge in [-0.05, 0) is 49.9 Å². The van der Waals surface area contributed by atoms with Gasteiger partial charge < -0.3 is 10.7 Å². The fourth-order valence-electron chi connectivity index (χ4n) is 2.13. The van der Waals surface area contributed by atoms with Crippen LogP contribution in [0.15, 0.2) is 30.3 Å². The first-order chi connectivity index (χ1) is 8.25. The molecule has 1 saturated heterocycles. The minimum absolute atomic E-state index is 0.624. The Hall–Kier alpha value is -1.41. The molecule has 0 aliphatic carbocycles. The van der Waals surface area contributed by atoms with Crippen LogP contribution in [0, 0.1) is 11.3 Å². The first-order valence-corrected chi connectivity index (χ1v) is 6.30. The van der Waals surface area contributed by atoms with Crippen LogP contribution in [-0.4, -0.2) is 18.8 Å². The summed E-state index contributed by atoms with van der Waals surface area (Å²) in [4.78, 5) is 0. The summed E-state index contributed by atoms with van der Waals surface area (Å²) in [6, 6.07) is 8.21. The summed E-state index contributed by atoms with van der Waals surface area (Å²) in [5, 5.41) is 10.9. The number of rotatable bonds is 3. The van der Waals surface area contributed by atoms with Crippen LogP contribution < -0.4 is 5.32 Å². The van der Waals surface area contributed by atoms with Gasteiger partial charge in [0.05, 0.1) is 0 Å². The van der Waals surface area contributed by atoms with Gasteiger partial charge in [0.25, 0.3) is 0 Å². The maximum absolute atomic E-state index is 7.54. The molecule has 0 unspecified atom stereocenters. The molecule has 2 nitrogen and oxygen atoms in total. The molecule has 0 spiro atoms. The third-order valence-corrected chi connectivity index (χ3v) is 3.29. The minimum atomic E-state index is 0.624. The lowest BCUT2D eigenvalue weighted by molar-refractivity contribution is 0.438. The van der Waals surface area contributed by atoms with E-state index in [-0.39, 0.29) is 0 Å². The van der Waals surface area contributed by atoms with Crippen molar-refractivity contribution in [1.29, 1.82) is 5.41 Å². The second-order valence-corrected chi connectivity index (χ2v) is 4.69. The SMILES string of the molecule is CC(=N)c1ccc(/C=C/C2CCNCC2)cc1. The van der Waals surface area contributed by atoms with E-state index in [1.165, 1.54) is 18.4 Å². The molecule has 0 bridgehead atoms. The molecule has 1 heterocycles. The Bertz CT molecular complexity index is 397. The van der Waals surface area contributed by atoms with Gasteiger partial charge in [0.2, 0.25) is 0 Å². The average Bonchev–Trinajstić information content (AvgIpc) is 2.38. The summed E-state index contributed by atoms with van der Waals surface area (Å²) in [7, 11) is 0. The third-order valence-electron chi connectivity index (χ3n) is 3.29. The zero-order valence-electron chi connectivity index (χ0n) is 10.4. The molecule has 1 aliphatic rings. The van der Waals surface area contributed by atoms with Gasteiger partial charge in [-0.15, -0.1) is 0 Å². The highest BCUT2D eigenvalue weighted by Gasteiger charge is 2.08. The molecule has 1 aromatic carbocycles. The van der Waals surface area contributed by atoms with Crippen molar-refractivity contribution in [2.75, 3.05) is 13.1 Å². The van der Waals surface area contributed by atoms with E-state index >= 15 is 0 Å². The topological polar surface area (TPSA) is 35.9 Å². The fraction of sp³-hybridized carbons (Fsp3) is 0.400. The maximum Gasteiger partial charge on any atom is 0.0355 e. The Balaban J connectivity index is 1.98. The lowest BCUT2D eigenvalue weighted by Gasteiger charge is -2.19. The maximum atomic E-state index is 7.54. The fourth-order valence-corrected chi connectivity index (χ4v) is 2.13. The zero-order chi connectivity index (χ0) is 12.1. The molecule has 1 fully saturated rings. The average molecular weight is 228 g/mol. The smallest absolute Gasteiger partial charge is 0.0355 e. The molecule has 90 valence electrons. The Morgan fingerprint density at radius 3 is 2.47 bits per heavy atom. The summed E-state index contributed by atoms with van der Waals surface area (Å²) < 4.78 is 0. The summed E-state index contributed by atoms with van der Waals surface area (Å²) in [5.74, 6) is 0.723. The van der Waals surface area contributed by atoms with Crippen molar-refractivity contribution in [3.8, 4) is 0 Å². The molecular weight excluding hydrogens is 208 g/mol. The van der Waals surface area contributed by atoms with E-state index in [9.17, 15) is 0 Å². The monoisotopic (exact) mass is 228 g/mol. The molecule has 0 aromatic heterocycles. The molecule has 17 heavy (non-hydrogen) atoms. The third kappa shape index (κ3) is 3.53. The second kappa shape index (κ2) is 5.78. The number of nitrogens with one attached hydrogen (secondary N) is 2. The molecular formula is C15H20N2. The lowest BCUT2D eigenvalue weighted by atomic mass is 9.97. The standard InChI is InChI=1S/C15H20N2/c1-12(16)15-6-4-13(5-7-15)2-3-14-8-10-17-11-9-14/h2-7,14,16-17H,8-11H2,1H3/b3-2+,16-12?. The van der Waals surface area contributed by atoms with Crippen molar-refractivity contribution in [3.63, 3.8) is 0 Å². The lowest BCUT2D eigenvalue weighted by Crippen LogP contribution is -2.26. The Labute approximate surface area is 103 Å². The van der Waals surface area contributed by atoms with Crippen LogP contribution in [0.25, 0.3) is 6.08 Å². The normalized spacial score (nSPS) is 17.5. The Morgan fingerprint density at radius 2 is 1.88 bits per heavy atom. The van der Waals surface area contributed by atoms with E-state index in [0.29, 0.717) is 5.71 Å². The largest absolute Gasteiger partial charge is 0.317 e. The highest BCUT2D eigenvalue weighted by molar-refractivity contribution is 5.96. The molecule has 1 aromatic rings. The van der Waals surface area contributed by atoms with Crippen molar-refractivity contribution in [1.82, 2.24) is 5.32 Å². The number of allylic oxidation sites excluding steroid dienone is 1. The summed E-state index contributed by atoms with van der Waals surface area (Å²) in [6.07, 6.45) is 7.02. The van der Waals surface area contributed by atoms with Gasteiger partial charge in [-0.25, -0.2) is 0 Å². The van der Waals surface area contributed by atoms with Gasteiger partial charge in [0, 0.05) is 5.71 Å². The van der Waals surface area contributed by atoms with Crippen LogP contribution in [-0.2, 0) is 0 Å². The van der Waals surface area contributed by atoms with Crippen molar-refractivity contribution in [2.24, 2.45) is 5.92 Å². The van der Waals surface area contributed by atoms with Crippen LogP contribution in [0.2, 0.25) is 0 Å². The number of piperidine rings is 1. The summed E-state index contributed by atoms with van der Waals surface area (Å²) in [6.45, 7) is 4.10. The molecule has 2 rings (SSSR count). The first kappa shape index (κ1) is 12.1. The Morgan fingerprint density at radius 1 is 1.24 bits per heavy atom. The van der Waals surface area contributed by atoms with Gasteiger partial charge >= 0.3 is 0 Å². The van der Waals surface area contributed by atoms with Gasteiger partial charge in [-0.2, -0.15) is 0 Å². The van der Waals surface area contributed by atoms with E-state index in [1.54, 1.807) is 0 Å². The van der Waals surface area contributed by atoms with Crippen molar-refractivity contribution < 1.29 is 0 Å². The zero-order valence-corrected chi connectivity index (χ0v) is 10.4. The first-order valence-electron chi connectivity index (χ1n) is 6.30. The molecule has 2 heteroatoms. The summed E-state index contributed by atoms with van der Waals surface area (Å²) in [5.41, 5.74) is 2.86. The van der Waals surface area contributed by atoms with Gasteiger partial charge in [-0.3, -0.25) is 0 Å². The Kier molecular flexibility index (Phi) is 4.10. The highest BCUT2D eigenvalue weighted by atomic mass is 14.9. The van der Waals surface area contributed by atoms with E-state index < -0.39 is 0 Å². The van der Waals surface area contributed by atoms with Crippen LogP contribution in [0.3, 0.4) is 0 Å². The predicted octanol–water partition coefficient (Wildman–Crippen LogP) is 3.09. The minimum Gasteiger partial charge on any atom is -0.317 e. The van der Waals surface area contributed by atoms with Crippen LogP contribution in [0.5, 0.6) is 0 Å².